The Balaban J connectivity index is 2.15. The van der Waals surface area contributed by atoms with Crippen LogP contribution < -0.4 is 5.32 Å². The molecule has 6 heteroatoms. The number of nitrogens with one attached hydrogen (secondary N) is 1. The maximum absolute atomic E-state index is 12.3. The van der Waals surface area contributed by atoms with Gasteiger partial charge in [-0.05, 0) is 31.0 Å². The number of rotatable bonds is 3. The van der Waals surface area contributed by atoms with Crippen LogP contribution in [0.1, 0.15) is 23.2 Å². The highest BCUT2D eigenvalue weighted by atomic mass is 79.9. The van der Waals surface area contributed by atoms with Gasteiger partial charge in [0.1, 0.15) is 0 Å². The fourth-order valence-corrected chi connectivity index (χ4v) is 3.28. The van der Waals surface area contributed by atoms with Gasteiger partial charge in [-0.3, -0.25) is 4.79 Å². The van der Waals surface area contributed by atoms with E-state index in [0.29, 0.717) is 34.2 Å². The summed E-state index contributed by atoms with van der Waals surface area (Å²) in [6, 6.07) is 4.84. The number of amides is 1. The van der Waals surface area contributed by atoms with E-state index < -0.39 is 0 Å². The summed E-state index contributed by atoms with van der Waals surface area (Å²) in [7, 11) is 0. The Labute approximate surface area is 130 Å². The monoisotopic (exact) mass is 365 g/mol. The van der Waals surface area contributed by atoms with E-state index in [2.05, 4.69) is 21.2 Å². The third-order valence-corrected chi connectivity index (χ3v) is 4.72. The first-order valence-corrected chi connectivity index (χ1v) is 7.85. The van der Waals surface area contributed by atoms with E-state index in [0.717, 1.165) is 12.8 Å². The number of ether oxygens (including phenoxy) is 1. The lowest BCUT2D eigenvalue weighted by atomic mass is 9.92. The first-order chi connectivity index (χ1) is 9.04. The number of carbonyl (C=O) groups excluding carboxylic acids is 1. The Hall–Kier alpha value is -0.290. The van der Waals surface area contributed by atoms with Crippen molar-refractivity contribution in [2.45, 2.75) is 18.4 Å². The summed E-state index contributed by atoms with van der Waals surface area (Å²) in [6.07, 6.45) is 1.58. The van der Waals surface area contributed by atoms with Gasteiger partial charge >= 0.3 is 0 Å². The Morgan fingerprint density at radius 1 is 1.26 bits per heavy atom. The fraction of sp³-hybridized carbons (Fsp3) is 0.462. The van der Waals surface area contributed by atoms with Crippen molar-refractivity contribution in [1.29, 1.82) is 0 Å². The highest BCUT2D eigenvalue weighted by molar-refractivity contribution is 9.09. The van der Waals surface area contributed by atoms with Gasteiger partial charge in [-0.2, -0.15) is 0 Å². The second kappa shape index (κ2) is 6.44. The number of carbonyl (C=O) groups is 1. The van der Waals surface area contributed by atoms with Crippen molar-refractivity contribution in [2.75, 3.05) is 18.5 Å². The zero-order valence-electron chi connectivity index (χ0n) is 10.2. The molecule has 3 nitrogen and oxygen atoms in total. The fourth-order valence-electron chi connectivity index (χ4n) is 2.05. The molecule has 0 radical (unpaired) electrons. The van der Waals surface area contributed by atoms with Crippen LogP contribution in [-0.2, 0) is 4.74 Å². The van der Waals surface area contributed by atoms with Gasteiger partial charge in [0.2, 0.25) is 0 Å². The second-order valence-electron chi connectivity index (χ2n) is 4.64. The van der Waals surface area contributed by atoms with Crippen LogP contribution in [0.3, 0.4) is 0 Å². The highest BCUT2D eigenvalue weighted by Gasteiger charge is 2.33. The number of halogens is 3. The average molecular weight is 367 g/mol. The number of hydrogen-bond acceptors (Lipinski definition) is 2. The van der Waals surface area contributed by atoms with Gasteiger partial charge in [0.05, 0.1) is 5.54 Å². The van der Waals surface area contributed by atoms with Crippen molar-refractivity contribution in [3.63, 3.8) is 0 Å². The van der Waals surface area contributed by atoms with Gasteiger partial charge in [0.25, 0.3) is 5.91 Å². The standard InChI is InChI=1S/C13H14BrCl2NO2/c14-8-13(1-3-19-4-2-13)17-12(18)9-5-10(15)7-11(16)6-9/h5-7H,1-4,8H2,(H,17,18). The maximum atomic E-state index is 12.3. The highest BCUT2D eigenvalue weighted by Crippen LogP contribution is 2.25. The van der Waals surface area contributed by atoms with Gasteiger partial charge in [0.15, 0.2) is 0 Å². The van der Waals surface area contributed by atoms with E-state index in [1.54, 1.807) is 18.2 Å². The van der Waals surface area contributed by atoms with Crippen molar-refractivity contribution in [1.82, 2.24) is 5.32 Å². The molecule has 1 amide bonds. The smallest absolute Gasteiger partial charge is 0.251 e. The summed E-state index contributed by atoms with van der Waals surface area (Å²) in [4.78, 5) is 12.3. The molecule has 0 aliphatic carbocycles. The van der Waals surface area contributed by atoms with Crippen LogP contribution >= 0.6 is 39.1 Å². The van der Waals surface area contributed by atoms with Crippen molar-refractivity contribution >= 4 is 45.0 Å². The van der Waals surface area contributed by atoms with Crippen LogP contribution in [0.25, 0.3) is 0 Å². The van der Waals surface area contributed by atoms with Crippen molar-refractivity contribution in [3.05, 3.63) is 33.8 Å². The third-order valence-electron chi connectivity index (χ3n) is 3.21. The Kier molecular flexibility index (Phi) is 5.12. The first-order valence-electron chi connectivity index (χ1n) is 5.97. The molecule has 0 spiro atoms. The molecule has 1 aliphatic heterocycles. The molecule has 0 saturated carbocycles. The molecule has 0 bridgehead atoms. The van der Waals surface area contributed by atoms with Gasteiger partial charge in [-0.15, -0.1) is 0 Å². The SMILES string of the molecule is O=C(NC1(CBr)CCOCC1)c1cc(Cl)cc(Cl)c1. The van der Waals surface area contributed by atoms with E-state index in [-0.39, 0.29) is 11.4 Å². The topological polar surface area (TPSA) is 38.3 Å². The molecule has 19 heavy (non-hydrogen) atoms. The van der Waals surface area contributed by atoms with Crippen LogP contribution in [0.15, 0.2) is 18.2 Å². The van der Waals surface area contributed by atoms with Crippen LogP contribution in [0.4, 0.5) is 0 Å². The van der Waals surface area contributed by atoms with E-state index in [1.807, 2.05) is 0 Å². The molecule has 0 atom stereocenters. The number of hydrogen-bond donors (Lipinski definition) is 1. The molecule has 1 saturated heterocycles. The average Bonchev–Trinajstić information content (AvgIpc) is 2.38. The lowest BCUT2D eigenvalue weighted by molar-refractivity contribution is 0.0442. The molecule has 1 aliphatic rings. The normalized spacial score (nSPS) is 18.1. The van der Waals surface area contributed by atoms with Gasteiger partial charge in [-0.1, -0.05) is 39.1 Å². The molecule has 2 rings (SSSR count). The minimum Gasteiger partial charge on any atom is -0.381 e. The Morgan fingerprint density at radius 3 is 2.37 bits per heavy atom. The third kappa shape index (κ3) is 3.85. The zero-order valence-corrected chi connectivity index (χ0v) is 13.3. The van der Waals surface area contributed by atoms with Crippen LogP contribution in [-0.4, -0.2) is 30.0 Å². The molecular weight excluding hydrogens is 353 g/mol. The van der Waals surface area contributed by atoms with Crippen molar-refractivity contribution < 1.29 is 9.53 Å². The lowest BCUT2D eigenvalue weighted by Crippen LogP contribution is -2.53. The second-order valence-corrected chi connectivity index (χ2v) is 6.07. The largest absolute Gasteiger partial charge is 0.381 e. The van der Waals surface area contributed by atoms with E-state index in [1.165, 1.54) is 0 Å². The molecule has 1 fully saturated rings. The number of alkyl halides is 1. The predicted octanol–water partition coefficient (Wildman–Crippen LogP) is 3.67. The van der Waals surface area contributed by atoms with Crippen LogP contribution in [0.2, 0.25) is 10.0 Å². The van der Waals surface area contributed by atoms with Crippen molar-refractivity contribution in [3.8, 4) is 0 Å². The van der Waals surface area contributed by atoms with E-state index in [9.17, 15) is 4.79 Å². The Bertz CT molecular complexity index is 455. The summed E-state index contributed by atoms with van der Waals surface area (Å²) in [5.74, 6) is -0.161. The summed E-state index contributed by atoms with van der Waals surface area (Å²) in [6.45, 7) is 1.31. The maximum Gasteiger partial charge on any atom is 0.251 e. The minimum absolute atomic E-state index is 0.161. The van der Waals surface area contributed by atoms with Gasteiger partial charge in [0, 0.05) is 34.2 Å². The minimum atomic E-state index is -0.260. The molecule has 0 unspecified atom stereocenters. The summed E-state index contributed by atoms with van der Waals surface area (Å²) >= 11 is 15.3. The molecule has 1 aromatic rings. The summed E-state index contributed by atoms with van der Waals surface area (Å²) < 4.78 is 5.34. The molecular formula is C13H14BrCl2NO2. The predicted molar refractivity (Wildman–Crippen MR) is 80.5 cm³/mol. The summed E-state index contributed by atoms with van der Waals surface area (Å²) in [5.41, 5.74) is 0.216. The zero-order chi connectivity index (χ0) is 13.9. The van der Waals surface area contributed by atoms with Crippen molar-refractivity contribution in [2.24, 2.45) is 0 Å². The Morgan fingerprint density at radius 2 is 1.84 bits per heavy atom. The van der Waals surface area contributed by atoms with Crippen LogP contribution in [0.5, 0.6) is 0 Å². The molecule has 104 valence electrons. The van der Waals surface area contributed by atoms with Crippen LogP contribution in [0, 0.1) is 0 Å². The molecule has 1 N–H and O–H groups in total. The van der Waals surface area contributed by atoms with E-state index in [4.69, 9.17) is 27.9 Å². The molecule has 0 aromatic heterocycles. The lowest BCUT2D eigenvalue weighted by Gasteiger charge is -2.36. The number of benzene rings is 1. The molecule has 1 heterocycles. The van der Waals surface area contributed by atoms with Gasteiger partial charge < -0.3 is 10.1 Å². The van der Waals surface area contributed by atoms with E-state index >= 15 is 0 Å². The molecule has 1 aromatic carbocycles. The quantitative estimate of drug-likeness (QED) is 0.829. The first kappa shape index (κ1) is 15.1. The van der Waals surface area contributed by atoms with Gasteiger partial charge in [-0.25, -0.2) is 0 Å². The summed E-state index contributed by atoms with van der Waals surface area (Å²) in [5, 5.41) is 4.68.